The van der Waals surface area contributed by atoms with Gasteiger partial charge in [0, 0.05) is 7.05 Å². The maximum atomic E-state index is 12.3. The van der Waals surface area contributed by atoms with Crippen LogP contribution in [-0.2, 0) is 18.4 Å². The third kappa shape index (κ3) is 5.68. The number of rotatable bonds is 9. The Bertz CT molecular complexity index is 1100. The lowest BCUT2D eigenvalue weighted by Crippen LogP contribution is -2.15. The minimum absolute atomic E-state index is 0.0281. The minimum Gasteiger partial charge on any atom is -0.493 e. The number of carboxylic acid groups (broad SMARTS) is 1. The Kier molecular flexibility index (Phi) is 7.37. The predicted octanol–water partition coefficient (Wildman–Crippen LogP) is 3.49. The lowest BCUT2D eigenvalue weighted by atomic mass is 10.2. The Morgan fingerprint density at radius 3 is 2.65 bits per heavy atom. The van der Waals surface area contributed by atoms with Gasteiger partial charge in [0.1, 0.15) is 6.61 Å². The molecule has 1 amide bonds. The molecule has 1 heterocycles. The van der Waals surface area contributed by atoms with E-state index in [0.717, 1.165) is 0 Å². The topological polar surface area (TPSA) is 116 Å². The van der Waals surface area contributed by atoms with E-state index in [2.05, 4.69) is 15.5 Å². The molecule has 1 aromatic heterocycles. The second-order valence-corrected chi connectivity index (χ2v) is 7.58. The highest BCUT2D eigenvalue weighted by Crippen LogP contribution is 2.27. The number of nitrogens with one attached hydrogen (secondary N) is 1. The first kappa shape index (κ1) is 22.4. The van der Waals surface area contributed by atoms with E-state index in [1.165, 1.54) is 30.0 Å². The number of aromatic carboxylic acids is 1. The molecule has 3 rings (SSSR count). The van der Waals surface area contributed by atoms with Gasteiger partial charge in [-0.3, -0.25) is 4.79 Å². The number of anilines is 1. The molecule has 162 valence electrons. The van der Waals surface area contributed by atoms with Gasteiger partial charge in [0.05, 0.1) is 29.1 Å². The molecule has 0 atom stereocenters. The van der Waals surface area contributed by atoms with Crippen LogP contribution < -0.4 is 14.8 Å². The van der Waals surface area contributed by atoms with Gasteiger partial charge in [-0.15, -0.1) is 10.2 Å². The van der Waals surface area contributed by atoms with Gasteiger partial charge in [-0.1, -0.05) is 35.5 Å². The fourth-order valence-electron chi connectivity index (χ4n) is 2.55. The van der Waals surface area contributed by atoms with Gasteiger partial charge in [0.2, 0.25) is 5.91 Å². The van der Waals surface area contributed by atoms with Crippen molar-refractivity contribution in [3.05, 3.63) is 58.9 Å². The molecule has 2 aromatic carbocycles. The van der Waals surface area contributed by atoms with Crippen molar-refractivity contribution in [3.63, 3.8) is 0 Å². The molecule has 0 spiro atoms. The summed E-state index contributed by atoms with van der Waals surface area (Å²) in [5, 5.41) is 20.6. The molecule has 0 saturated heterocycles. The molecular formula is C20H19ClN4O5S. The number of benzene rings is 2. The van der Waals surface area contributed by atoms with Crippen molar-refractivity contribution in [2.45, 2.75) is 11.8 Å². The van der Waals surface area contributed by atoms with Crippen LogP contribution in [0.1, 0.15) is 16.2 Å². The third-order valence-corrected chi connectivity index (χ3v) is 5.52. The Morgan fingerprint density at radius 1 is 1.19 bits per heavy atom. The number of thioether (sulfide) groups is 1. The van der Waals surface area contributed by atoms with Crippen molar-refractivity contribution < 1.29 is 24.2 Å². The fraction of sp³-hybridized carbons (Fsp3) is 0.200. The summed E-state index contributed by atoms with van der Waals surface area (Å²) in [5.41, 5.74) is 0.261. The summed E-state index contributed by atoms with van der Waals surface area (Å²) < 4.78 is 12.7. The first-order valence-electron chi connectivity index (χ1n) is 8.98. The molecule has 0 aliphatic carbocycles. The number of para-hydroxylation sites is 2. The average molecular weight is 463 g/mol. The molecule has 11 heteroatoms. The Labute approximate surface area is 187 Å². The van der Waals surface area contributed by atoms with Crippen LogP contribution >= 0.6 is 23.4 Å². The molecule has 0 aliphatic heterocycles. The van der Waals surface area contributed by atoms with Crippen LogP contribution in [0.3, 0.4) is 0 Å². The van der Waals surface area contributed by atoms with Gasteiger partial charge < -0.3 is 24.5 Å². The Hall–Kier alpha value is -3.24. The number of amides is 1. The summed E-state index contributed by atoms with van der Waals surface area (Å²) in [6.45, 7) is 0.175. The quantitative estimate of drug-likeness (QED) is 0.464. The molecular weight excluding hydrogens is 444 g/mol. The number of hydrogen-bond donors (Lipinski definition) is 2. The van der Waals surface area contributed by atoms with Crippen LogP contribution in [0.2, 0.25) is 5.02 Å². The number of hydrogen-bond acceptors (Lipinski definition) is 7. The second kappa shape index (κ2) is 10.2. The minimum atomic E-state index is -1.11. The molecule has 0 unspecified atom stereocenters. The van der Waals surface area contributed by atoms with Crippen molar-refractivity contribution in [2.24, 2.45) is 7.05 Å². The highest BCUT2D eigenvalue weighted by molar-refractivity contribution is 7.99. The summed E-state index contributed by atoms with van der Waals surface area (Å²) in [4.78, 5) is 23.4. The monoisotopic (exact) mass is 462 g/mol. The van der Waals surface area contributed by atoms with E-state index in [1.54, 1.807) is 30.9 Å². The number of halogens is 1. The molecule has 0 saturated carbocycles. The SMILES string of the molecule is COc1ccccc1OCc1nnc(SCC(=O)Nc2cc(C(=O)O)ccc2Cl)n1C. The number of carbonyl (C=O) groups excluding carboxylic acids is 1. The van der Waals surface area contributed by atoms with E-state index >= 15 is 0 Å². The van der Waals surface area contributed by atoms with Crippen LogP contribution in [0.4, 0.5) is 5.69 Å². The summed E-state index contributed by atoms with van der Waals surface area (Å²) in [6, 6.07) is 11.4. The third-order valence-electron chi connectivity index (χ3n) is 4.17. The van der Waals surface area contributed by atoms with Crippen LogP contribution in [0.5, 0.6) is 11.5 Å². The number of carboxylic acids is 1. The molecule has 0 bridgehead atoms. The van der Waals surface area contributed by atoms with Crippen molar-refractivity contribution in [1.29, 1.82) is 0 Å². The molecule has 9 nitrogen and oxygen atoms in total. The first-order chi connectivity index (χ1) is 14.9. The summed E-state index contributed by atoms with van der Waals surface area (Å²) in [7, 11) is 3.34. The summed E-state index contributed by atoms with van der Waals surface area (Å²) >= 11 is 7.21. The molecule has 0 radical (unpaired) electrons. The fourth-order valence-corrected chi connectivity index (χ4v) is 3.44. The van der Waals surface area contributed by atoms with E-state index in [-0.39, 0.29) is 34.5 Å². The van der Waals surface area contributed by atoms with Crippen molar-refractivity contribution in [3.8, 4) is 11.5 Å². The van der Waals surface area contributed by atoms with Crippen LogP contribution in [0.15, 0.2) is 47.6 Å². The van der Waals surface area contributed by atoms with Crippen LogP contribution in [0, 0.1) is 0 Å². The van der Waals surface area contributed by atoms with Crippen molar-refractivity contribution in [1.82, 2.24) is 14.8 Å². The number of carbonyl (C=O) groups is 2. The van der Waals surface area contributed by atoms with Gasteiger partial charge in [-0.05, 0) is 30.3 Å². The smallest absolute Gasteiger partial charge is 0.335 e. The van der Waals surface area contributed by atoms with E-state index in [9.17, 15) is 9.59 Å². The zero-order valence-electron chi connectivity index (χ0n) is 16.7. The van der Waals surface area contributed by atoms with E-state index in [4.69, 9.17) is 26.2 Å². The predicted molar refractivity (Wildman–Crippen MR) is 116 cm³/mol. The molecule has 0 fully saturated rings. The average Bonchev–Trinajstić information content (AvgIpc) is 3.11. The van der Waals surface area contributed by atoms with Crippen molar-refractivity contribution >= 4 is 40.9 Å². The van der Waals surface area contributed by atoms with E-state index in [0.29, 0.717) is 22.5 Å². The van der Waals surface area contributed by atoms with Gasteiger partial charge in [-0.2, -0.15) is 0 Å². The largest absolute Gasteiger partial charge is 0.493 e. The van der Waals surface area contributed by atoms with Crippen molar-refractivity contribution in [2.75, 3.05) is 18.2 Å². The summed E-state index contributed by atoms with van der Waals surface area (Å²) in [6.07, 6.45) is 0. The zero-order valence-corrected chi connectivity index (χ0v) is 18.2. The Balaban J connectivity index is 1.58. The standard InChI is InChI=1S/C20H19ClN4O5S/c1-25-17(10-30-16-6-4-3-5-15(16)29-2)23-24-20(25)31-11-18(26)22-14-9-12(19(27)28)7-8-13(14)21/h3-9H,10-11H2,1-2H3,(H,22,26)(H,27,28). The maximum absolute atomic E-state index is 12.3. The maximum Gasteiger partial charge on any atom is 0.335 e. The van der Waals surface area contributed by atoms with Gasteiger partial charge >= 0.3 is 5.97 Å². The van der Waals surface area contributed by atoms with Crippen LogP contribution in [-0.4, -0.2) is 44.6 Å². The van der Waals surface area contributed by atoms with Gasteiger partial charge in [0.15, 0.2) is 22.5 Å². The lowest BCUT2D eigenvalue weighted by molar-refractivity contribution is -0.113. The number of nitrogens with zero attached hydrogens (tertiary/aromatic N) is 3. The lowest BCUT2D eigenvalue weighted by Gasteiger charge is -2.10. The highest BCUT2D eigenvalue weighted by atomic mass is 35.5. The molecule has 0 aliphatic rings. The second-order valence-electron chi connectivity index (χ2n) is 6.23. The van der Waals surface area contributed by atoms with Gasteiger partial charge in [-0.25, -0.2) is 4.79 Å². The molecule has 2 N–H and O–H groups in total. The first-order valence-corrected chi connectivity index (χ1v) is 10.3. The van der Waals surface area contributed by atoms with E-state index in [1.807, 2.05) is 12.1 Å². The molecule has 31 heavy (non-hydrogen) atoms. The van der Waals surface area contributed by atoms with Crippen LogP contribution in [0.25, 0.3) is 0 Å². The van der Waals surface area contributed by atoms with Gasteiger partial charge in [0.25, 0.3) is 0 Å². The highest BCUT2D eigenvalue weighted by Gasteiger charge is 2.14. The zero-order chi connectivity index (χ0) is 22.4. The number of aromatic nitrogens is 3. The molecule has 3 aromatic rings. The van der Waals surface area contributed by atoms with E-state index < -0.39 is 5.97 Å². The normalized spacial score (nSPS) is 10.5. The number of ether oxygens (including phenoxy) is 2. The Morgan fingerprint density at radius 2 is 1.94 bits per heavy atom. The number of methoxy groups -OCH3 is 1. The summed E-state index contributed by atoms with van der Waals surface area (Å²) in [5.74, 6) is 0.342.